The van der Waals surface area contributed by atoms with Gasteiger partial charge in [0.15, 0.2) is 0 Å². The summed E-state index contributed by atoms with van der Waals surface area (Å²) in [7, 11) is -3.70. The van der Waals surface area contributed by atoms with Crippen molar-refractivity contribution in [2.75, 3.05) is 10.6 Å². The first-order chi connectivity index (χ1) is 13.0. The van der Waals surface area contributed by atoms with Crippen molar-refractivity contribution in [2.45, 2.75) is 46.2 Å². The average molecular weight is 423 g/mol. The van der Waals surface area contributed by atoms with Gasteiger partial charge in [-0.25, -0.2) is 8.42 Å². The molecule has 0 aliphatic rings. The van der Waals surface area contributed by atoms with Crippen molar-refractivity contribution in [2.24, 2.45) is 0 Å². The summed E-state index contributed by atoms with van der Waals surface area (Å²) in [5.41, 5.74) is 3.30. The molecule has 0 radical (unpaired) electrons. The molecule has 1 amide bonds. The molecule has 0 aromatic heterocycles. The predicted molar refractivity (Wildman–Crippen MR) is 115 cm³/mol. The van der Waals surface area contributed by atoms with E-state index < -0.39 is 16.1 Å². The Kier molecular flexibility index (Phi) is 7.12. The normalized spacial score (nSPS) is 13.6. The molecule has 152 valence electrons. The number of amides is 1. The van der Waals surface area contributed by atoms with E-state index in [2.05, 4.69) is 5.32 Å². The summed E-state index contributed by atoms with van der Waals surface area (Å²) in [5, 5.41) is 3.39. The van der Waals surface area contributed by atoms with Gasteiger partial charge >= 0.3 is 0 Å². The molecule has 2 aromatic rings. The largest absolute Gasteiger partial charge is 0.348 e. The van der Waals surface area contributed by atoms with E-state index >= 15 is 0 Å². The van der Waals surface area contributed by atoms with Crippen molar-refractivity contribution in [3.63, 3.8) is 0 Å². The number of nitrogens with one attached hydrogen (secondary N) is 1. The molecule has 0 spiro atoms. The van der Waals surface area contributed by atoms with Crippen molar-refractivity contribution < 1.29 is 13.2 Å². The first-order valence-corrected chi connectivity index (χ1v) is 11.4. The number of carbonyl (C=O) groups excluding carboxylic acids is 1. The van der Waals surface area contributed by atoms with Gasteiger partial charge in [0.25, 0.3) is 0 Å². The second-order valence-electron chi connectivity index (χ2n) is 7.06. The second-order valence-corrected chi connectivity index (χ2v) is 9.32. The summed E-state index contributed by atoms with van der Waals surface area (Å²) in [5.74, 6) is -0.349. The van der Waals surface area contributed by atoms with Crippen LogP contribution in [0.5, 0.6) is 0 Å². The van der Waals surface area contributed by atoms with E-state index in [1.54, 1.807) is 25.1 Å². The highest BCUT2D eigenvalue weighted by atomic mass is 35.5. The number of anilines is 1. The molecular weight excluding hydrogens is 396 g/mol. The summed E-state index contributed by atoms with van der Waals surface area (Å²) in [6, 6.07) is 11.7. The zero-order chi connectivity index (χ0) is 21.1. The fourth-order valence-corrected chi connectivity index (χ4v) is 4.41. The Morgan fingerprint density at radius 3 is 2.25 bits per heavy atom. The number of carbonyl (C=O) groups is 1. The van der Waals surface area contributed by atoms with Crippen LogP contribution in [0.1, 0.15) is 43.0 Å². The molecule has 0 aliphatic carbocycles. The van der Waals surface area contributed by atoms with Crippen LogP contribution in [0.15, 0.2) is 42.5 Å². The van der Waals surface area contributed by atoms with Crippen LogP contribution in [0.4, 0.5) is 5.69 Å². The third kappa shape index (κ3) is 5.26. The number of halogens is 1. The maximum absolute atomic E-state index is 13.0. The lowest BCUT2D eigenvalue weighted by atomic mass is 10.1. The maximum atomic E-state index is 13.0. The van der Waals surface area contributed by atoms with Crippen LogP contribution in [-0.4, -0.2) is 26.6 Å². The Labute approximate surface area is 172 Å². The highest BCUT2D eigenvalue weighted by Gasteiger charge is 2.32. The third-order valence-corrected chi connectivity index (χ3v) is 6.26. The van der Waals surface area contributed by atoms with Gasteiger partial charge in [0.1, 0.15) is 6.04 Å². The number of sulfonamides is 1. The minimum atomic E-state index is -3.70. The van der Waals surface area contributed by atoms with Gasteiger partial charge in [-0.2, -0.15) is 0 Å². The molecule has 0 saturated carbocycles. The van der Waals surface area contributed by atoms with Crippen molar-refractivity contribution in [1.82, 2.24) is 5.32 Å². The van der Waals surface area contributed by atoms with Gasteiger partial charge in [-0.05, 0) is 50.5 Å². The van der Waals surface area contributed by atoms with Gasteiger partial charge in [0.05, 0.1) is 18.0 Å². The van der Waals surface area contributed by atoms with Crippen LogP contribution in [0, 0.1) is 13.8 Å². The number of hydrogen-bond acceptors (Lipinski definition) is 3. The van der Waals surface area contributed by atoms with E-state index in [-0.39, 0.29) is 11.9 Å². The molecule has 5 nitrogen and oxygen atoms in total. The Morgan fingerprint density at radius 1 is 1.14 bits per heavy atom. The number of aryl methyl sites for hydroxylation is 2. The van der Waals surface area contributed by atoms with Crippen molar-refractivity contribution >= 4 is 33.2 Å². The Morgan fingerprint density at radius 2 is 1.75 bits per heavy atom. The summed E-state index contributed by atoms with van der Waals surface area (Å²) in [6.45, 7) is 7.50. The van der Waals surface area contributed by atoms with E-state index in [9.17, 15) is 13.2 Å². The van der Waals surface area contributed by atoms with Crippen molar-refractivity contribution in [3.05, 3.63) is 64.2 Å². The molecule has 7 heteroatoms. The fraction of sp³-hybridized carbons (Fsp3) is 0.381. The van der Waals surface area contributed by atoms with Gasteiger partial charge in [0.2, 0.25) is 15.9 Å². The minimum Gasteiger partial charge on any atom is -0.348 e. The molecule has 28 heavy (non-hydrogen) atoms. The van der Waals surface area contributed by atoms with Crippen LogP contribution >= 0.6 is 11.6 Å². The van der Waals surface area contributed by atoms with E-state index in [0.29, 0.717) is 17.1 Å². The first-order valence-electron chi connectivity index (χ1n) is 9.17. The maximum Gasteiger partial charge on any atom is 0.244 e. The molecule has 0 fully saturated rings. The topological polar surface area (TPSA) is 66.5 Å². The number of hydrogen-bond donors (Lipinski definition) is 1. The summed E-state index contributed by atoms with van der Waals surface area (Å²) < 4.78 is 26.2. The Bertz CT molecular complexity index is 943. The molecule has 0 heterocycles. The molecule has 2 atom stereocenters. The Hall–Kier alpha value is -2.05. The summed E-state index contributed by atoms with van der Waals surface area (Å²) >= 11 is 6.19. The standard InChI is InChI=1S/C21H27ClN2O3S/c1-6-20(21(25)23-16(4)17-10-7-14(2)8-11-17)24(28(5,26)27)18-12-9-15(3)19(22)13-18/h7-13,16,20H,6H2,1-5H3,(H,23,25)/t16-,20-/m1/s1. The molecule has 1 N–H and O–H groups in total. The average Bonchev–Trinajstić information content (AvgIpc) is 2.61. The molecule has 2 aromatic carbocycles. The highest BCUT2D eigenvalue weighted by Crippen LogP contribution is 2.28. The van der Waals surface area contributed by atoms with Crippen LogP contribution in [-0.2, 0) is 14.8 Å². The van der Waals surface area contributed by atoms with E-state index in [1.165, 1.54) is 0 Å². The number of nitrogens with zero attached hydrogens (tertiary/aromatic N) is 1. The lowest BCUT2D eigenvalue weighted by molar-refractivity contribution is -0.122. The third-order valence-electron chi connectivity index (χ3n) is 4.68. The lowest BCUT2D eigenvalue weighted by Crippen LogP contribution is -2.49. The van der Waals surface area contributed by atoms with Crippen LogP contribution in [0.2, 0.25) is 5.02 Å². The van der Waals surface area contributed by atoms with Gasteiger partial charge in [-0.3, -0.25) is 9.10 Å². The lowest BCUT2D eigenvalue weighted by Gasteiger charge is -2.31. The minimum absolute atomic E-state index is 0.245. The van der Waals surface area contributed by atoms with Crippen LogP contribution in [0.25, 0.3) is 0 Å². The molecule has 0 unspecified atom stereocenters. The summed E-state index contributed by atoms with van der Waals surface area (Å²) in [6.07, 6.45) is 1.42. The molecule has 2 rings (SSSR count). The van der Waals surface area contributed by atoms with Gasteiger partial charge in [-0.15, -0.1) is 0 Å². The first kappa shape index (κ1) is 22.2. The van der Waals surface area contributed by atoms with E-state index in [4.69, 9.17) is 11.6 Å². The zero-order valence-corrected chi connectivity index (χ0v) is 18.4. The molecule has 0 aliphatic heterocycles. The van der Waals surface area contributed by atoms with Crippen molar-refractivity contribution in [3.8, 4) is 0 Å². The van der Waals surface area contributed by atoms with Gasteiger partial charge in [-0.1, -0.05) is 54.4 Å². The van der Waals surface area contributed by atoms with E-state index in [0.717, 1.165) is 27.3 Å². The van der Waals surface area contributed by atoms with E-state index in [1.807, 2.05) is 45.0 Å². The zero-order valence-electron chi connectivity index (χ0n) is 16.9. The molecule has 0 saturated heterocycles. The molecular formula is C21H27ClN2O3S. The predicted octanol–water partition coefficient (Wildman–Crippen LogP) is 4.38. The van der Waals surface area contributed by atoms with Gasteiger partial charge in [0, 0.05) is 5.02 Å². The van der Waals surface area contributed by atoms with Crippen molar-refractivity contribution in [1.29, 1.82) is 0 Å². The summed E-state index contributed by atoms with van der Waals surface area (Å²) in [4.78, 5) is 13.0. The second kappa shape index (κ2) is 8.97. The quantitative estimate of drug-likeness (QED) is 0.720. The SMILES string of the molecule is CC[C@H](C(=O)N[C@H](C)c1ccc(C)cc1)N(c1ccc(C)c(Cl)c1)S(C)(=O)=O. The number of rotatable bonds is 7. The number of benzene rings is 2. The highest BCUT2D eigenvalue weighted by molar-refractivity contribution is 7.92. The smallest absolute Gasteiger partial charge is 0.244 e. The Balaban J connectivity index is 2.33. The van der Waals surface area contributed by atoms with Crippen LogP contribution < -0.4 is 9.62 Å². The van der Waals surface area contributed by atoms with Crippen LogP contribution in [0.3, 0.4) is 0 Å². The fourth-order valence-electron chi connectivity index (χ4n) is 3.03. The monoisotopic (exact) mass is 422 g/mol. The molecule has 0 bridgehead atoms. The van der Waals surface area contributed by atoms with Gasteiger partial charge < -0.3 is 5.32 Å².